The topological polar surface area (TPSA) is 55.6 Å². The van der Waals surface area contributed by atoms with E-state index in [9.17, 15) is 4.39 Å². The summed E-state index contributed by atoms with van der Waals surface area (Å²) in [4.78, 5) is 0. The third kappa shape index (κ3) is 2.14. The lowest BCUT2D eigenvalue weighted by Crippen LogP contribution is -2.20. The Bertz CT molecular complexity index is 823. The van der Waals surface area contributed by atoms with Crippen LogP contribution in [0, 0.1) is 5.82 Å². The molecular weight excluding hydrogens is 281 g/mol. The van der Waals surface area contributed by atoms with Gasteiger partial charge in [-0.1, -0.05) is 47.6 Å². The molecule has 1 atom stereocenters. The second kappa shape index (κ2) is 5.07. The van der Waals surface area contributed by atoms with Crippen LogP contribution in [-0.2, 0) is 0 Å². The van der Waals surface area contributed by atoms with E-state index in [1.54, 1.807) is 16.8 Å². The number of hydrogen-bond acceptors (Lipinski definition) is 4. The molecule has 0 fully saturated rings. The molecule has 1 N–H and O–H groups in total. The molecule has 0 spiro atoms. The minimum atomic E-state index is -0.262. The van der Waals surface area contributed by atoms with Crippen molar-refractivity contribution in [2.24, 2.45) is 0 Å². The fourth-order valence-corrected chi connectivity index (χ4v) is 2.54. The maximum atomic E-state index is 13.2. The maximum absolute atomic E-state index is 13.2. The van der Waals surface area contributed by atoms with Crippen molar-refractivity contribution in [3.63, 3.8) is 0 Å². The number of rotatable bonds is 2. The molecule has 2 aromatic carbocycles. The highest BCUT2D eigenvalue weighted by Crippen LogP contribution is 2.31. The van der Waals surface area contributed by atoms with Crippen LogP contribution in [0.2, 0.25) is 0 Å². The van der Waals surface area contributed by atoms with Crippen molar-refractivity contribution in [2.45, 2.75) is 6.04 Å². The number of allylic oxidation sites excluding steroid dienone is 1. The van der Waals surface area contributed by atoms with E-state index in [4.69, 9.17) is 0 Å². The van der Waals surface area contributed by atoms with Gasteiger partial charge in [-0.15, -0.1) is 0 Å². The molecule has 0 radical (unpaired) electrons. The molecule has 0 saturated heterocycles. The summed E-state index contributed by atoms with van der Waals surface area (Å²) in [6, 6.07) is 16.1. The molecule has 1 aliphatic rings. The number of hydrogen-bond donors (Lipinski definition) is 1. The van der Waals surface area contributed by atoms with E-state index in [1.165, 1.54) is 12.1 Å². The second-order valence-electron chi connectivity index (χ2n) is 5.01. The molecule has 108 valence electrons. The van der Waals surface area contributed by atoms with E-state index in [0.29, 0.717) is 5.95 Å². The molecule has 2 heterocycles. The number of halogens is 1. The van der Waals surface area contributed by atoms with Gasteiger partial charge < -0.3 is 5.32 Å². The van der Waals surface area contributed by atoms with E-state index in [-0.39, 0.29) is 11.9 Å². The van der Waals surface area contributed by atoms with E-state index >= 15 is 0 Å². The number of fused-ring (bicyclic) bond motifs is 1. The molecular formula is C16H12FN5. The predicted octanol–water partition coefficient (Wildman–Crippen LogP) is 2.87. The average molecular weight is 293 g/mol. The Hall–Kier alpha value is -3.02. The lowest BCUT2D eigenvalue weighted by atomic mass is 10.0. The van der Waals surface area contributed by atoms with Gasteiger partial charge in [0.05, 0.1) is 0 Å². The fourth-order valence-electron chi connectivity index (χ4n) is 2.54. The van der Waals surface area contributed by atoms with Gasteiger partial charge in [-0.2, -0.15) is 4.68 Å². The Morgan fingerprint density at radius 2 is 1.77 bits per heavy atom. The van der Waals surface area contributed by atoms with E-state index in [1.807, 2.05) is 36.4 Å². The molecule has 3 aromatic rings. The molecule has 0 unspecified atom stereocenters. The lowest BCUT2D eigenvalue weighted by molar-refractivity contribution is 0.582. The largest absolute Gasteiger partial charge is 0.323 e. The van der Waals surface area contributed by atoms with Crippen molar-refractivity contribution >= 4 is 11.6 Å². The highest BCUT2D eigenvalue weighted by atomic mass is 19.1. The number of aromatic nitrogens is 4. The first-order valence-corrected chi connectivity index (χ1v) is 6.89. The first-order valence-electron chi connectivity index (χ1n) is 6.89. The number of nitrogens with one attached hydrogen (secondary N) is 1. The van der Waals surface area contributed by atoms with Crippen LogP contribution in [0.1, 0.15) is 17.2 Å². The Kier molecular flexibility index (Phi) is 2.93. The van der Waals surface area contributed by atoms with E-state index in [2.05, 4.69) is 20.8 Å². The monoisotopic (exact) mass is 293 g/mol. The van der Waals surface area contributed by atoms with Gasteiger partial charge in [0, 0.05) is 5.70 Å². The van der Waals surface area contributed by atoms with Crippen molar-refractivity contribution in [1.82, 2.24) is 20.2 Å². The van der Waals surface area contributed by atoms with Gasteiger partial charge in [0.1, 0.15) is 11.9 Å². The zero-order valence-electron chi connectivity index (χ0n) is 11.5. The van der Waals surface area contributed by atoms with Crippen molar-refractivity contribution in [2.75, 3.05) is 5.32 Å². The summed E-state index contributed by atoms with van der Waals surface area (Å²) in [6.07, 6.45) is 2.03. The zero-order valence-corrected chi connectivity index (χ0v) is 11.5. The van der Waals surface area contributed by atoms with E-state index < -0.39 is 0 Å². The van der Waals surface area contributed by atoms with Crippen LogP contribution >= 0.6 is 0 Å². The molecule has 0 aliphatic carbocycles. The first kappa shape index (κ1) is 12.7. The van der Waals surface area contributed by atoms with E-state index in [0.717, 1.165) is 16.8 Å². The molecule has 4 rings (SSSR count). The molecule has 6 heteroatoms. The summed E-state index contributed by atoms with van der Waals surface area (Å²) in [6.45, 7) is 0. The molecule has 22 heavy (non-hydrogen) atoms. The molecule has 0 amide bonds. The van der Waals surface area contributed by atoms with Gasteiger partial charge in [0.2, 0.25) is 5.95 Å². The Balaban J connectivity index is 1.81. The standard InChI is InChI=1S/C16H12FN5/c17-13-8-6-12(7-9-13)15-10-14(11-4-2-1-3-5-11)18-16-19-20-21-22(15)16/h1-10,15H,(H,18,19,21)/t15-/m0/s1. The Labute approximate surface area is 126 Å². The van der Waals surface area contributed by atoms with Crippen molar-refractivity contribution in [3.05, 3.63) is 77.6 Å². The number of benzene rings is 2. The third-order valence-electron chi connectivity index (χ3n) is 3.62. The zero-order chi connectivity index (χ0) is 14.9. The van der Waals surface area contributed by atoms with Gasteiger partial charge in [0.15, 0.2) is 0 Å². The van der Waals surface area contributed by atoms with Crippen LogP contribution in [0.4, 0.5) is 10.3 Å². The SMILES string of the molecule is Fc1ccc([C@@H]2C=C(c3ccccc3)Nc3nnnn32)cc1. The Morgan fingerprint density at radius 3 is 2.55 bits per heavy atom. The summed E-state index contributed by atoms with van der Waals surface area (Å²) in [5, 5.41) is 15.0. The summed E-state index contributed by atoms with van der Waals surface area (Å²) in [5.41, 5.74) is 2.89. The summed E-state index contributed by atoms with van der Waals surface area (Å²) in [5.74, 6) is 0.303. The number of anilines is 1. The molecule has 0 bridgehead atoms. The first-order chi connectivity index (χ1) is 10.8. The molecule has 1 aliphatic heterocycles. The van der Waals surface area contributed by atoms with Crippen LogP contribution in [-0.4, -0.2) is 20.2 Å². The van der Waals surface area contributed by atoms with Gasteiger partial charge in [-0.3, -0.25) is 0 Å². The third-order valence-corrected chi connectivity index (χ3v) is 3.62. The number of tetrazole rings is 1. The van der Waals surface area contributed by atoms with Crippen molar-refractivity contribution < 1.29 is 4.39 Å². The fraction of sp³-hybridized carbons (Fsp3) is 0.0625. The average Bonchev–Trinajstić information content (AvgIpc) is 3.04. The van der Waals surface area contributed by atoms with Crippen LogP contribution in [0.5, 0.6) is 0 Å². The van der Waals surface area contributed by atoms with Crippen molar-refractivity contribution in [1.29, 1.82) is 0 Å². The highest BCUT2D eigenvalue weighted by Gasteiger charge is 2.24. The van der Waals surface area contributed by atoms with Crippen LogP contribution < -0.4 is 5.32 Å². The smallest absolute Gasteiger partial charge is 0.248 e. The maximum Gasteiger partial charge on any atom is 0.248 e. The normalized spacial score (nSPS) is 16.6. The second-order valence-corrected chi connectivity index (χ2v) is 5.01. The molecule has 1 aromatic heterocycles. The van der Waals surface area contributed by atoms with Gasteiger partial charge in [-0.25, -0.2) is 4.39 Å². The van der Waals surface area contributed by atoms with Crippen LogP contribution in [0.15, 0.2) is 60.7 Å². The minimum Gasteiger partial charge on any atom is -0.323 e. The van der Waals surface area contributed by atoms with Gasteiger partial charge in [-0.05, 0) is 39.8 Å². The van der Waals surface area contributed by atoms with Gasteiger partial charge in [0.25, 0.3) is 0 Å². The van der Waals surface area contributed by atoms with Crippen molar-refractivity contribution in [3.8, 4) is 0 Å². The summed E-state index contributed by atoms with van der Waals surface area (Å²) >= 11 is 0. The van der Waals surface area contributed by atoms with Crippen LogP contribution in [0.3, 0.4) is 0 Å². The number of nitrogens with zero attached hydrogens (tertiary/aromatic N) is 4. The quantitative estimate of drug-likeness (QED) is 0.789. The molecule has 5 nitrogen and oxygen atoms in total. The summed E-state index contributed by atoms with van der Waals surface area (Å²) < 4.78 is 14.8. The summed E-state index contributed by atoms with van der Waals surface area (Å²) in [7, 11) is 0. The predicted molar refractivity (Wildman–Crippen MR) is 80.4 cm³/mol. The lowest BCUT2D eigenvalue weighted by Gasteiger charge is -2.23. The molecule has 0 saturated carbocycles. The van der Waals surface area contributed by atoms with Gasteiger partial charge >= 0.3 is 0 Å². The highest BCUT2D eigenvalue weighted by molar-refractivity contribution is 5.76. The minimum absolute atomic E-state index is 0.179. The van der Waals surface area contributed by atoms with Crippen LogP contribution in [0.25, 0.3) is 5.70 Å². The Morgan fingerprint density at radius 1 is 1.00 bits per heavy atom.